The molecule has 0 radical (unpaired) electrons. The molecular weight excluding hydrogens is 360 g/mol. The lowest BCUT2D eigenvalue weighted by atomic mass is 10.1. The molecule has 0 spiro atoms. The highest BCUT2D eigenvalue weighted by molar-refractivity contribution is 7.12. The second-order valence-corrected chi connectivity index (χ2v) is 8.55. The molecule has 0 aromatic carbocycles. The summed E-state index contributed by atoms with van der Waals surface area (Å²) in [6.07, 6.45) is 4.44. The summed E-state index contributed by atoms with van der Waals surface area (Å²) in [5.74, 6) is 0.0676. The second-order valence-electron chi connectivity index (χ2n) is 7.35. The third-order valence-electron chi connectivity index (χ3n) is 5.27. The fraction of sp³-hybridized carbons (Fsp3) is 0.600. The van der Waals surface area contributed by atoms with E-state index in [1.54, 1.807) is 0 Å². The van der Waals surface area contributed by atoms with Crippen LogP contribution in [0.15, 0.2) is 18.2 Å². The van der Waals surface area contributed by atoms with Crippen LogP contribution in [0.4, 0.5) is 0 Å². The average molecular weight is 389 g/mol. The third kappa shape index (κ3) is 4.59. The summed E-state index contributed by atoms with van der Waals surface area (Å²) in [5.41, 5.74) is 2.18. The smallest absolute Gasteiger partial charge is 0.220 e. The van der Waals surface area contributed by atoms with Gasteiger partial charge in [0.25, 0.3) is 0 Å². The lowest BCUT2D eigenvalue weighted by molar-refractivity contribution is -0.120. The molecule has 1 N–H and O–H groups in total. The maximum atomic E-state index is 11.4. The van der Waals surface area contributed by atoms with E-state index in [4.69, 9.17) is 4.74 Å². The SMILES string of the molecule is CCC(=O)NCc1cc2n(n1)CCN(Cc1ccc([C@@H]3CCCCO3)s1)C2. The van der Waals surface area contributed by atoms with E-state index in [9.17, 15) is 4.79 Å². The standard InChI is InChI=1S/C20H28N4O2S/c1-2-20(25)21-12-15-11-16-13-23(8-9-24(16)22-15)14-17-6-7-19(27-17)18-5-3-4-10-26-18/h6-7,11,18H,2-5,8-10,12-14H2,1H3,(H,21,25)/t18-/m0/s1. The molecule has 2 aromatic heterocycles. The van der Waals surface area contributed by atoms with Gasteiger partial charge in [0, 0.05) is 42.4 Å². The van der Waals surface area contributed by atoms with Crippen molar-refractivity contribution in [3.8, 4) is 0 Å². The molecule has 4 rings (SSSR count). The van der Waals surface area contributed by atoms with Crippen LogP contribution in [0.2, 0.25) is 0 Å². The number of fused-ring (bicyclic) bond motifs is 1. The van der Waals surface area contributed by atoms with Crippen LogP contribution < -0.4 is 5.32 Å². The van der Waals surface area contributed by atoms with Crippen LogP contribution in [0.25, 0.3) is 0 Å². The van der Waals surface area contributed by atoms with E-state index in [1.807, 2.05) is 18.3 Å². The molecule has 0 bridgehead atoms. The first-order valence-electron chi connectivity index (χ1n) is 9.96. The van der Waals surface area contributed by atoms with E-state index < -0.39 is 0 Å². The van der Waals surface area contributed by atoms with Crippen molar-refractivity contribution in [2.45, 2.75) is 64.9 Å². The van der Waals surface area contributed by atoms with Gasteiger partial charge in [-0.3, -0.25) is 14.4 Å². The predicted molar refractivity (Wildman–Crippen MR) is 105 cm³/mol. The highest BCUT2D eigenvalue weighted by Crippen LogP contribution is 2.33. The number of nitrogens with one attached hydrogen (secondary N) is 1. The zero-order valence-electron chi connectivity index (χ0n) is 15.9. The normalized spacial score (nSPS) is 20.4. The minimum atomic E-state index is 0.0676. The van der Waals surface area contributed by atoms with E-state index in [-0.39, 0.29) is 5.91 Å². The molecule has 2 aliphatic rings. The number of rotatable bonds is 6. The quantitative estimate of drug-likeness (QED) is 0.825. The van der Waals surface area contributed by atoms with Gasteiger partial charge in [0.05, 0.1) is 30.6 Å². The molecule has 0 unspecified atom stereocenters. The summed E-state index contributed by atoms with van der Waals surface area (Å²) in [4.78, 5) is 16.7. The first-order chi connectivity index (χ1) is 13.2. The van der Waals surface area contributed by atoms with Crippen molar-refractivity contribution >= 4 is 17.2 Å². The summed E-state index contributed by atoms with van der Waals surface area (Å²) >= 11 is 1.90. The topological polar surface area (TPSA) is 59.4 Å². The molecule has 1 saturated heterocycles. The maximum absolute atomic E-state index is 11.4. The number of nitrogens with zero attached hydrogens (tertiary/aromatic N) is 3. The van der Waals surface area contributed by atoms with Gasteiger partial charge in [-0.1, -0.05) is 6.92 Å². The monoisotopic (exact) mass is 388 g/mol. The molecule has 4 heterocycles. The summed E-state index contributed by atoms with van der Waals surface area (Å²) in [6.45, 7) is 7.06. The average Bonchev–Trinajstić information content (AvgIpc) is 3.33. The van der Waals surface area contributed by atoms with Crippen molar-refractivity contribution < 1.29 is 9.53 Å². The summed E-state index contributed by atoms with van der Waals surface area (Å²) in [7, 11) is 0. The van der Waals surface area contributed by atoms with Gasteiger partial charge in [0.15, 0.2) is 0 Å². The Morgan fingerprint density at radius 1 is 1.37 bits per heavy atom. The number of carbonyl (C=O) groups is 1. The Kier molecular flexibility index (Phi) is 5.90. The van der Waals surface area contributed by atoms with Gasteiger partial charge >= 0.3 is 0 Å². The summed E-state index contributed by atoms with van der Waals surface area (Å²) in [6, 6.07) is 6.63. The number of carbonyl (C=O) groups excluding carboxylic acids is 1. The molecule has 146 valence electrons. The zero-order chi connectivity index (χ0) is 18.6. The third-order valence-corrected chi connectivity index (χ3v) is 6.44. The number of aromatic nitrogens is 2. The van der Waals surface area contributed by atoms with Crippen molar-refractivity contribution in [2.24, 2.45) is 0 Å². The molecular formula is C20H28N4O2S. The highest BCUT2D eigenvalue weighted by atomic mass is 32.1. The van der Waals surface area contributed by atoms with Crippen molar-refractivity contribution in [1.82, 2.24) is 20.0 Å². The van der Waals surface area contributed by atoms with Gasteiger partial charge in [-0.25, -0.2) is 0 Å². The van der Waals surface area contributed by atoms with Gasteiger partial charge in [-0.05, 0) is 37.5 Å². The largest absolute Gasteiger partial charge is 0.373 e. The van der Waals surface area contributed by atoms with Crippen LogP contribution in [0.5, 0.6) is 0 Å². The number of ether oxygens (including phenoxy) is 1. The lowest BCUT2D eigenvalue weighted by Gasteiger charge is -2.27. The van der Waals surface area contributed by atoms with Crippen molar-refractivity contribution in [1.29, 1.82) is 0 Å². The number of hydrogen-bond acceptors (Lipinski definition) is 5. The predicted octanol–water partition coefficient (Wildman–Crippen LogP) is 3.23. The van der Waals surface area contributed by atoms with E-state index >= 15 is 0 Å². The Bertz CT molecular complexity index is 779. The lowest BCUT2D eigenvalue weighted by Crippen LogP contribution is -2.33. The summed E-state index contributed by atoms with van der Waals surface area (Å²) < 4.78 is 8.00. The van der Waals surface area contributed by atoms with Gasteiger partial charge in [0.1, 0.15) is 0 Å². The minimum absolute atomic E-state index is 0.0676. The molecule has 7 heteroatoms. The Labute approximate surface area is 164 Å². The van der Waals surface area contributed by atoms with Gasteiger partial charge in [-0.2, -0.15) is 5.10 Å². The second kappa shape index (κ2) is 8.54. The van der Waals surface area contributed by atoms with E-state index in [2.05, 4.69) is 38.2 Å². The van der Waals surface area contributed by atoms with Crippen molar-refractivity contribution in [2.75, 3.05) is 13.2 Å². The van der Waals surface area contributed by atoms with Gasteiger partial charge in [0.2, 0.25) is 5.91 Å². The molecule has 1 fully saturated rings. The van der Waals surface area contributed by atoms with Crippen LogP contribution in [0.1, 0.15) is 59.9 Å². The first kappa shape index (κ1) is 18.7. The Morgan fingerprint density at radius 3 is 3.11 bits per heavy atom. The van der Waals surface area contributed by atoms with E-state index in [0.29, 0.717) is 19.1 Å². The van der Waals surface area contributed by atoms with Crippen LogP contribution >= 0.6 is 11.3 Å². The minimum Gasteiger partial charge on any atom is -0.373 e. The number of thiophene rings is 1. The molecule has 27 heavy (non-hydrogen) atoms. The fourth-order valence-corrected chi connectivity index (χ4v) is 4.89. The Morgan fingerprint density at radius 2 is 2.30 bits per heavy atom. The highest BCUT2D eigenvalue weighted by Gasteiger charge is 2.21. The molecule has 2 aliphatic heterocycles. The fourth-order valence-electron chi connectivity index (χ4n) is 3.75. The van der Waals surface area contributed by atoms with Gasteiger partial charge < -0.3 is 10.1 Å². The zero-order valence-corrected chi connectivity index (χ0v) is 16.8. The van der Waals surface area contributed by atoms with E-state index in [0.717, 1.165) is 44.9 Å². The molecule has 0 aliphatic carbocycles. The van der Waals surface area contributed by atoms with Gasteiger partial charge in [-0.15, -0.1) is 11.3 Å². The first-order valence-corrected chi connectivity index (χ1v) is 10.8. The summed E-state index contributed by atoms with van der Waals surface area (Å²) in [5, 5.41) is 7.53. The maximum Gasteiger partial charge on any atom is 0.220 e. The van der Waals surface area contributed by atoms with Crippen molar-refractivity contribution in [3.05, 3.63) is 39.3 Å². The van der Waals surface area contributed by atoms with Crippen molar-refractivity contribution in [3.63, 3.8) is 0 Å². The van der Waals surface area contributed by atoms with Crippen LogP contribution in [0.3, 0.4) is 0 Å². The molecule has 0 saturated carbocycles. The molecule has 1 amide bonds. The molecule has 6 nitrogen and oxygen atoms in total. The van der Waals surface area contributed by atoms with Crippen LogP contribution in [-0.4, -0.2) is 33.7 Å². The van der Waals surface area contributed by atoms with Crippen LogP contribution in [0, 0.1) is 0 Å². The van der Waals surface area contributed by atoms with E-state index in [1.165, 1.54) is 28.3 Å². The Hall–Kier alpha value is -1.70. The number of amides is 1. The molecule has 1 atom stereocenters. The van der Waals surface area contributed by atoms with Crippen LogP contribution in [-0.2, 0) is 35.7 Å². The Balaban J connectivity index is 1.33. The molecule has 2 aromatic rings. The number of hydrogen-bond donors (Lipinski definition) is 1.